The average molecular weight is 291 g/mol. The third-order valence-corrected chi connectivity index (χ3v) is 2.79. The predicted octanol–water partition coefficient (Wildman–Crippen LogP) is 4.31. The van der Waals surface area contributed by atoms with Gasteiger partial charge in [0.15, 0.2) is 5.82 Å². The molecule has 0 unspecified atom stereocenters. The van der Waals surface area contributed by atoms with Gasteiger partial charge in [-0.1, -0.05) is 44.2 Å². The summed E-state index contributed by atoms with van der Waals surface area (Å²) in [6.07, 6.45) is 1.03. The third-order valence-electron chi connectivity index (χ3n) is 2.79. The van der Waals surface area contributed by atoms with E-state index in [-0.39, 0.29) is 7.53 Å². The fourth-order valence-electron chi connectivity index (χ4n) is 1.81. The third kappa shape index (κ3) is 4.95. The van der Waals surface area contributed by atoms with E-state index in [4.69, 9.17) is 4.74 Å². The van der Waals surface area contributed by atoms with Gasteiger partial charge < -0.3 is 4.74 Å². The lowest BCUT2D eigenvalue weighted by molar-refractivity contribution is 0.121. The lowest BCUT2D eigenvalue weighted by atomic mass is 10.1. The van der Waals surface area contributed by atoms with Gasteiger partial charge in [-0.05, 0) is 19.4 Å². The van der Waals surface area contributed by atoms with Crippen molar-refractivity contribution in [1.82, 2.24) is 9.78 Å². The van der Waals surface area contributed by atoms with Crippen LogP contribution in [-0.2, 0) is 11.8 Å². The molecular formula is C16H25N3O2. The number of nitrogens with zero attached hydrogens (tertiary/aromatic N) is 2. The van der Waals surface area contributed by atoms with E-state index < -0.39 is 6.09 Å². The summed E-state index contributed by atoms with van der Waals surface area (Å²) in [5.74, 6) is 0.521. The molecule has 0 spiro atoms. The zero-order valence-electron chi connectivity index (χ0n) is 13.3. The minimum atomic E-state index is -0.502. The number of anilines is 1. The molecule has 0 saturated heterocycles. The number of ether oxygens (including phenoxy) is 1. The zero-order valence-corrected chi connectivity index (χ0v) is 13.3. The number of carbonyl (C=O) groups excluding carboxylic acids is 1. The molecule has 0 aliphatic carbocycles. The molecule has 0 saturated carbocycles. The molecule has 1 heterocycles. The maximum atomic E-state index is 11.8. The van der Waals surface area contributed by atoms with Crippen LogP contribution in [0.2, 0.25) is 0 Å². The van der Waals surface area contributed by atoms with Crippen molar-refractivity contribution in [2.24, 2.45) is 7.05 Å². The molecule has 1 aromatic carbocycles. The van der Waals surface area contributed by atoms with E-state index in [2.05, 4.69) is 10.4 Å². The van der Waals surface area contributed by atoms with E-state index in [9.17, 15) is 4.79 Å². The lowest BCUT2D eigenvalue weighted by Crippen LogP contribution is -2.17. The number of aryl methyl sites for hydroxylation is 2. The van der Waals surface area contributed by atoms with Crippen LogP contribution in [0.5, 0.6) is 0 Å². The summed E-state index contributed by atoms with van der Waals surface area (Å²) in [6, 6.07) is 9.59. The molecule has 5 nitrogen and oxygen atoms in total. The van der Waals surface area contributed by atoms with Gasteiger partial charge in [0.2, 0.25) is 0 Å². The van der Waals surface area contributed by atoms with Crippen LogP contribution in [0.15, 0.2) is 36.5 Å². The summed E-state index contributed by atoms with van der Waals surface area (Å²) >= 11 is 0. The summed E-state index contributed by atoms with van der Waals surface area (Å²) in [7, 11) is 1.80. The number of nitrogens with one attached hydrogen (secondary N) is 1. The molecule has 2 aromatic rings. The SMILES string of the molecule is CC.Cc1cn(C)nc1NC(=O)O[C@H](C)c1ccccc1.[HH]. The zero-order chi connectivity index (χ0) is 15.8. The fraction of sp³-hybridized carbons (Fsp3) is 0.375. The van der Waals surface area contributed by atoms with Crippen LogP contribution in [0.4, 0.5) is 10.6 Å². The van der Waals surface area contributed by atoms with Gasteiger partial charge in [0.05, 0.1) is 0 Å². The molecule has 0 aliphatic rings. The Labute approximate surface area is 127 Å². The standard InChI is InChI=1S/C14H17N3O2.C2H6.H2/c1-10-9-17(3)16-13(10)15-14(18)19-11(2)12-7-5-4-6-8-12;1-2;/h4-9,11H,1-3H3,(H,15,16,18);1-2H3;1H/t11-;;/m1../s1. The number of hydrogen-bond donors (Lipinski definition) is 1. The molecule has 2 rings (SSSR count). The minimum absolute atomic E-state index is 0. The largest absolute Gasteiger partial charge is 0.441 e. The van der Waals surface area contributed by atoms with Gasteiger partial charge >= 0.3 is 6.09 Å². The highest BCUT2D eigenvalue weighted by Gasteiger charge is 2.13. The Morgan fingerprint density at radius 1 is 1.33 bits per heavy atom. The van der Waals surface area contributed by atoms with Crippen LogP contribution in [0, 0.1) is 6.92 Å². The van der Waals surface area contributed by atoms with Crippen molar-refractivity contribution >= 4 is 11.9 Å². The van der Waals surface area contributed by atoms with Crippen molar-refractivity contribution in [2.75, 3.05) is 5.32 Å². The van der Waals surface area contributed by atoms with Crippen LogP contribution < -0.4 is 5.32 Å². The number of benzene rings is 1. The number of rotatable bonds is 3. The Balaban J connectivity index is 0.00000141. The molecule has 1 N–H and O–H groups in total. The van der Waals surface area contributed by atoms with Crippen molar-refractivity contribution in [2.45, 2.75) is 33.8 Å². The van der Waals surface area contributed by atoms with Crippen LogP contribution >= 0.6 is 0 Å². The van der Waals surface area contributed by atoms with Gasteiger partial charge in [-0.2, -0.15) is 5.10 Å². The maximum Gasteiger partial charge on any atom is 0.413 e. The first kappa shape index (κ1) is 16.8. The number of amides is 1. The number of hydrogen-bond acceptors (Lipinski definition) is 3. The van der Waals surface area contributed by atoms with Crippen LogP contribution in [-0.4, -0.2) is 15.9 Å². The van der Waals surface area contributed by atoms with Crippen LogP contribution in [0.3, 0.4) is 0 Å². The Hall–Kier alpha value is -2.30. The summed E-state index contributed by atoms with van der Waals surface area (Å²) in [4.78, 5) is 11.8. The molecule has 0 fully saturated rings. The quantitative estimate of drug-likeness (QED) is 0.916. The molecule has 21 heavy (non-hydrogen) atoms. The monoisotopic (exact) mass is 291 g/mol. The molecule has 0 bridgehead atoms. The van der Waals surface area contributed by atoms with Crippen molar-refractivity contribution < 1.29 is 11.0 Å². The van der Waals surface area contributed by atoms with E-state index in [1.165, 1.54) is 0 Å². The van der Waals surface area contributed by atoms with Gasteiger partial charge in [0.25, 0.3) is 0 Å². The van der Waals surface area contributed by atoms with E-state index in [0.717, 1.165) is 11.1 Å². The normalized spacial score (nSPS) is 11.1. The second-order valence-corrected chi connectivity index (χ2v) is 4.42. The molecule has 5 heteroatoms. The topological polar surface area (TPSA) is 56.2 Å². The highest BCUT2D eigenvalue weighted by Crippen LogP contribution is 2.17. The second-order valence-electron chi connectivity index (χ2n) is 4.42. The summed E-state index contributed by atoms with van der Waals surface area (Å²) in [6.45, 7) is 7.71. The molecule has 0 radical (unpaired) electrons. The summed E-state index contributed by atoms with van der Waals surface area (Å²) in [5, 5.41) is 6.77. The summed E-state index contributed by atoms with van der Waals surface area (Å²) in [5.41, 5.74) is 1.85. The maximum absolute atomic E-state index is 11.8. The number of aromatic nitrogens is 2. The molecule has 0 aliphatic heterocycles. The first-order chi connectivity index (χ1) is 10.1. The van der Waals surface area contributed by atoms with Crippen LogP contribution in [0.1, 0.15) is 39.4 Å². The van der Waals surface area contributed by atoms with Gasteiger partial charge in [-0.3, -0.25) is 10.00 Å². The van der Waals surface area contributed by atoms with E-state index in [1.807, 2.05) is 64.2 Å². The van der Waals surface area contributed by atoms with Gasteiger partial charge in [0, 0.05) is 20.2 Å². The average Bonchev–Trinajstić information content (AvgIpc) is 2.79. The fourth-order valence-corrected chi connectivity index (χ4v) is 1.81. The van der Waals surface area contributed by atoms with Gasteiger partial charge in [0.1, 0.15) is 6.10 Å². The second kappa shape index (κ2) is 8.09. The van der Waals surface area contributed by atoms with Crippen molar-refractivity contribution in [3.63, 3.8) is 0 Å². The molecule has 1 atom stereocenters. The predicted molar refractivity (Wildman–Crippen MR) is 86.4 cm³/mol. The van der Waals surface area contributed by atoms with Gasteiger partial charge in [-0.15, -0.1) is 0 Å². The molecule has 1 amide bonds. The number of carbonyl (C=O) groups is 1. The van der Waals surface area contributed by atoms with Crippen molar-refractivity contribution in [3.05, 3.63) is 47.7 Å². The van der Waals surface area contributed by atoms with E-state index in [0.29, 0.717) is 5.82 Å². The molecular weight excluding hydrogens is 266 g/mol. The van der Waals surface area contributed by atoms with Gasteiger partial charge in [-0.25, -0.2) is 4.79 Å². The smallest absolute Gasteiger partial charge is 0.413 e. The molecule has 1 aromatic heterocycles. The molecule has 116 valence electrons. The van der Waals surface area contributed by atoms with E-state index in [1.54, 1.807) is 11.7 Å². The van der Waals surface area contributed by atoms with E-state index >= 15 is 0 Å². The lowest BCUT2D eigenvalue weighted by Gasteiger charge is -2.13. The minimum Gasteiger partial charge on any atom is -0.441 e. The Morgan fingerprint density at radius 3 is 2.48 bits per heavy atom. The Kier molecular flexibility index (Phi) is 6.46. The first-order valence-corrected chi connectivity index (χ1v) is 7.09. The van der Waals surface area contributed by atoms with Crippen molar-refractivity contribution in [3.8, 4) is 0 Å². The van der Waals surface area contributed by atoms with Crippen LogP contribution in [0.25, 0.3) is 0 Å². The highest BCUT2D eigenvalue weighted by molar-refractivity contribution is 5.84. The summed E-state index contributed by atoms with van der Waals surface area (Å²) < 4.78 is 6.95. The van der Waals surface area contributed by atoms with Crippen molar-refractivity contribution in [1.29, 1.82) is 0 Å². The Morgan fingerprint density at radius 2 is 1.95 bits per heavy atom. The Bertz CT molecular complexity index is 570. The first-order valence-electron chi connectivity index (χ1n) is 7.09. The highest BCUT2D eigenvalue weighted by atomic mass is 16.6.